The van der Waals surface area contributed by atoms with E-state index >= 15 is 0 Å². The topological polar surface area (TPSA) is 67.1 Å². The Bertz CT molecular complexity index is 407. The molecule has 0 saturated carbocycles. The normalized spacial score (nSPS) is 18.9. The van der Waals surface area contributed by atoms with Crippen molar-refractivity contribution in [2.45, 2.75) is 33.1 Å². The van der Waals surface area contributed by atoms with Crippen molar-refractivity contribution in [2.24, 2.45) is 11.7 Å². The number of rotatable bonds is 6. The van der Waals surface area contributed by atoms with Gasteiger partial charge in [-0.15, -0.1) is 0 Å². The number of aromatic nitrogens is 2. The average molecular weight is 263 g/mol. The summed E-state index contributed by atoms with van der Waals surface area (Å²) in [6.07, 6.45) is 3.52. The molecule has 1 saturated heterocycles. The second-order valence-electron chi connectivity index (χ2n) is 5.28. The third-order valence-electron chi connectivity index (χ3n) is 3.60. The van der Waals surface area contributed by atoms with Gasteiger partial charge in [0, 0.05) is 25.7 Å². The van der Waals surface area contributed by atoms with Crippen LogP contribution in [0, 0.1) is 12.8 Å². The molecule has 19 heavy (non-hydrogen) atoms. The smallest absolute Gasteiger partial charge is 0.134 e. The van der Waals surface area contributed by atoms with E-state index < -0.39 is 0 Å². The maximum Gasteiger partial charge on any atom is 0.134 e. The maximum absolute atomic E-state index is 5.74. The first-order chi connectivity index (χ1) is 9.22. The molecule has 5 heteroatoms. The molecule has 2 rings (SSSR count). The van der Waals surface area contributed by atoms with Crippen molar-refractivity contribution < 1.29 is 0 Å². The van der Waals surface area contributed by atoms with Gasteiger partial charge in [-0.25, -0.2) is 9.97 Å². The summed E-state index contributed by atoms with van der Waals surface area (Å²) < 4.78 is 0. The van der Waals surface area contributed by atoms with Gasteiger partial charge in [0.25, 0.3) is 0 Å². The summed E-state index contributed by atoms with van der Waals surface area (Å²) in [7, 11) is 0. The predicted molar refractivity (Wildman–Crippen MR) is 79.5 cm³/mol. The SMILES string of the molecule is CCCCNc1cc(N2CCC(CN)C2)nc(C)n1. The first-order valence-corrected chi connectivity index (χ1v) is 7.27. The lowest BCUT2D eigenvalue weighted by Gasteiger charge is -2.18. The minimum Gasteiger partial charge on any atom is -0.370 e. The van der Waals surface area contributed by atoms with E-state index in [1.807, 2.05) is 6.92 Å². The molecule has 1 fully saturated rings. The Morgan fingerprint density at radius 2 is 2.32 bits per heavy atom. The number of hydrogen-bond acceptors (Lipinski definition) is 5. The predicted octanol–water partition coefficient (Wildman–Crippen LogP) is 1.78. The van der Waals surface area contributed by atoms with Gasteiger partial charge in [0.1, 0.15) is 17.5 Å². The maximum atomic E-state index is 5.74. The van der Waals surface area contributed by atoms with Gasteiger partial charge in [0.05, 0.1) is 0 Å². The fourth-order valence-corrected chi connectivity index (χ4v) is 2.43. The van der Waals surface area contributed by atoms with E-state index in [0.717, 1.165) is 56.5 Å². The van der Waals surface area contributed by atoms with Crippen LogP contribution in [0.5, 0.6) is 0 Å². The number of unbranched alkanes of at least 4 members (excludes halogenated alkanes) is 1. The third kappa shape index (κ3) is 3.80. The second kappa shape index (κ2) is 6.70. The van der Waals surface area contributed by atoms with Gasteiger partial charge >= 0.3 is 0 Å². The van der Waals surface area contributed by atoms with Crippen molar-refractivity contribution in [1.82, 2.24) is 9.97 Å². The zero-order valence-electron chi connectivity index (χ0n) is 12.0. The lowest BCUT2D eigenvalue weighted by atomic mass is 10.1. The summed E-state index contributed by atoms with van der Waals surface area (Å²) in [5, 5.41) is 3.37. The van der Waals surface area contributed by atoms with E-state index in [9.17, 15) is 0 Å². The summed E-state index contributed by atoms with van der Waals surface area (Å²) in [6.45, 7) is 7.94. The number of aryl methyl sites for hydroxylation is 1. The minimum atomic E-state index is 0.603. The van der Waals surface area contributed by atoms with E-state index in [1.165, 1.54) is 6.42 Å². The van der Waals surface area contributed by atoms with Crippen molar-refractivity contribution in [3.05, 3.63) is 11.9 Å². The van der Waals surface area contributed by atoms with E-state index in [0.29, 0.717) is 5.92 Å². The van der Waals surface area contributed by atoms with Crippen LogP contribution >= 0.6 is 0 Å². The molecule has 0 aliphatic carbocycles. The van der Waals surface area contributed by atoms with Crippen molar-refractivity contribution in [2.75, 3.05) is 36.4 Å². The van der Waals surface area contributed by atoms with Crippen LogP contribution in [0.4, 0.5) is 11.6 Å². The van der Waals surface area contributed by atoms with E-state index in [1.54, 1.807) is 0 Å². The molecule has 3 N–H and O–H groups in total. The Labute approximate surface area is 115 Å². The molecule has 0 bridgehead atoms. The van der Waals surface area contributed by atoms with Crippen LogP contribution in [-0.4, -0.2) is 36.1 Å². The second-order valence-corrected chi connectivity index (χ2v) is 5.28. The molecule has 2 heterocycles. The number of nitrogens with two attached hydrogens (primary N) is 1. The fourth-order valence-electron chi connectivity index (χ4n) is 2.43. The largest absolute Gasteiger partial charge is 0.370 e. The number of anilines is 2. The van der Waals surface area contributed by atoms with Crippen molar-refractivity contribution in [1.29, 1.82) is 0 Å². The first kappa shape index (κ1) is 14.1. The van der Waals surface area contributed by atoms with Crippen molar-refractivity contribution in [3.8, 4) is 0 Å². The molecule has 106 valence electrons. The molecule has 5 nitrogen and oxygen atoms in total. The minimum absolute atomic E-state index is 0.603. The van der Waals surface area contributed by atoms with Crippen LogP contribution in [0.3, 0.4) is 0 Å². The molecule has 1 aliphatic heterocycles. The summed E-state index contributed by atoms with van der Waals surface area (Å²) in [5.74, 6) is 3.40. The first-order valence-electron chi connectivity index (χ1n) is 7.27. The Morgan fingerprint density at radius 1 is 1.47 bits per heavy atom. The number of nitrogens with zero attached hydrogens (tertiary/aromatic N) is 3. The lowest BCUT2D eigenvalue weighted by molar-refractivity contribution is 0.602. The summed E-state index contributed by atoms with van der Waals surface area (Å²) >= 11 is 0. The Balaban J connectivity index is 2.04. The molecular formula is C14H25N5. The highest BCUT2D eigenvalue weighted by Crippen LogP contribution is 2.23. The molecule has 1 atom stereocenters. The highest BCUT2D eigenvalue weighted by Gasteiger charge is 2.22. The number of hydrogen-bond donors (Lipinski definition) is 2. The Morgan fingerprint density at radius 3 is 3.00 bits per heavy atom. The van der Waals surface area contributed by atoms with Gasteiger partial charge < -0.3 is 16.0 Å². The zero-order chi connectivity index (χ0) is 13.7. The van der Waals surface area contributed by atoms with Gasteiger partial charge in [-0.3, -0.25) is 0 Å². The molecule has 1 unspecified atom stereocenters. The molecular weight excluding hydrogens is 238 g/mol. The van der Waals surface area contributed by atoms with Crippen LogP contribution in [0.15, 0.2) is 6.07 Å². The fraction of sp³-hybridized carbons (Fsp3) is 0.714. The van der Waals surface area contributed by atoms with Crippen LogP contribution in [0.1, 0.15) is 32.0 Å². The summed E-state index contributed by atoms with van der Waals surface area (Å²) in [4.78, 5) is 11.3. The van der Waals surface area contributed by atoms with E-state index in [-0.39, 0.29) is 0 Å². The standard InChI is InChI=1S/C14H25N5/c1-3-4-6-16-13-8-14(18-11(2)17-13)19-7-5-12(9-15)10-19/h8,12H,3-7,9-10,15H2,1-2H3,(H,16,17,18). The molecule has 1 aliphatic rings. The van der Waals surface area contributed by atoms with Crippen LogP contribution < -0.4 is 16.0 Å². The van der Waals surface area contributed by atoms with Crippen LogP contribution in [-0.2, 0) is 0 Å². The zero-order valence-corrected chi connectivity index (χ0v) is 12.0. The highest BCUT2D eigenvalue weighted by molar-refractivity contribution is 5.50. The summed E-state index contributed by atoms with van der Waals surface area (Å²) in [6, 6.07) is 2.06. The number of nitrogens with one attached hydrogen (secondary N) is 1. The summed E-state index contributed by atoms with van der Waals surface area (Å²) in [5.41, 5.74) is 5.74. The lowest BCUT2D eigenvalue weighted by Crippen LogP contribution is -2.24. The molecule has 0 radical (unpaired) electrons. The van der Waals surface area contributed by atoms with Crippen LogP contribution in [0.25, 0.3) is 0 Å². The van der Waals surface area contributed by atoms with E-state index in [4.69, 9.17) is 5.73 Å². The van der Waals surface area contributed by atoms with Gasteiger partial charge in [-0.1, -0.05) is 13.3 Å². The molecule has 1 aromatic rings. The van der Waals surface area contributed by atoms with Gasteiger partial charge in [0.15, 0.2) is 0 Å². The third-order valence-corrected chi connectivity index (χ3v) is 3.60. The molecule has 0 amide bonds. The molecule has 1 aromatic heterocycles. The average Bonchev–Trinajstić information content (AvgIpc) is 2.87. The van der Waals surface area contributed by atoms with Gasteiger partial charge in [0.2, 0.25) is 0 Å². The molecule has 0 aromatic carbocycles. The van der Waals surface area contributed by atoms with Crippen molar-refractivity contribution >= 4 is 11.6 Å². The van der Waals surface area contributed by atoms with Gasteiger partial charge in [-0.2, -0.15) is 0 Å². The monoisotopic (exact) mass is 263 g/mol. The Kier molecular flexibility index (Phi) is 4.96. The van der Waals surface area contributed by atoms with Gasteiger partial charge in [-0.05, 0) is 32.2 Å². The van der Waals surface area contributed by atoms with E-state index in [2.05, 4.69) is 33.2 Å². The van der Waals surface area contributed by atoms with Crippen LogP contribution in [0.2, 0.25) is 0 Å². The molecule has 0 spiro atoms. The van der Waals surface area contributed by atoms with Crippen molar-refractivity contribution in [3.63, 3.8) is 0 Å². The quantitative estimate of drug-likeness (QED) is 0.766. The Hall–Kier alpha value is -1.36. The highest BCUT2D eigenvalue weighted by atomic mass is 15.2.